The van der Waals surface area contributed by atoms with Gasteiger partial charge in [0.15, 0.2) is 0 Å². The molecule has 0 unspecified atom stereocenters. The van der Waals surface area contributed by atoms with E-state index in [4.69, 9.17) is 0 Å². The number of piperidine rings is 1. The normalized spacial score (nSPS) is 21.9. The number of carbonyl (C=O) groups is 2. The van der Waals surface area contributed by atoms with Crippen molar-refractivity contribution in [3.63, 3.8) is 0 Å². The molecule has 1 saturated heterocycles. The predicted molar refractivity (Wildman–Crippen MR) is 125 cm³/mol. The average molecular weight is 440 g/mol. The largest absolute Gasteiger partial charge is 0.354 e. The van der Waals surface area contributed by atoms with Gasteiger partial charge >= 0.3 is 0 Å². The van der Waals surface area contributed by atoms with Crippen LogP contribution < -0.4 is 5.32 Å². The van der Waals surface area contributed by atoms with Gasteiger partial charge in [-0.1, -0.05) is 44.5 Å². The van der Waals surface area contributed by atoms with Crippen LogP contribution in [0.25, 0.3) is 0 Å². The van der Waals surface area contributed by atoms with Crippen LogP contribution in [0.5, 0.6) is 0 Å². The number of hydrogen-bond acceptors (Lipinski definition) is 4. The maximum absolute atomic E-state index is 13.6. The Bertz CT molecular complexity index is 890. The van der Waals surface area contributed by atoms with Gasteiger partial charge in [0.25, 0.3) is 5.91 Å². The summed E-state index contributed by atoms with van der Waals surface area (Å²) in [5, 5.41) is 5.23. The molecule has 6 heteroatoms. The van der Waals surface area contributed by atoms with E-state index >= 15 is 0 Å². The molecule has 1 N–H and O–H groups in total. The predicted octanol–water partition coefficient (Wildman–Crippen LogP) is 4.29. The molecule has 2 amide bonds. The first kappa shape index (κ1) is 22.0. The molecule has 1 aromatic heterocycles. The van der Waals surface area contributed by atoms with E-state index in [1.54, 1.807) is 11.3 Å². The Hall–Kier alpha value is -2.18. The smallest absolute Gasteiger partial charge is 0.254 e. The Morgan fingerprint density at radius 1 is 1.13 bits per heavy atom. The minimum absolute atomic E-state index is 0.0177. The molecule has 31 heavy (non-hydrogen) atoms. The molecule has 0 radical (unpaired) electrons. The van der Waals surface area contributed by atoms with Crippen LogP contribution in [0.2, 0.25) is 0 Å². The van der Waals surface area contributed by atoms with Crippen molar-refractivity contribution in [2.75, 3.05) is 32.7 Å². The SMILES string of the molecule is CC(C)CN1C(=O)c2ccccc2[C@@H](C(=O)NCCN2CCCCC2)[C@H]1c1cccs1. The number of likely N-dealkylation sites (tertiary alicyclic amines) is 1. The van der Waals surface area contributed by atoms with Gasteiger partial charge in [-0.25, -0.2) is 0 Å². The molecule has 166 valence electrons. The fourth-order valence-electron chi connectivity index (χ4n) is 4.88. The highest BCUT2D eigenvalue weighted by Crippen LogP contribution is 2.44. The van der Waals surface area contributed by atoms with Crippen LogP contribution in [-0.4, -0.2) is 54.3 Å². The number of amides is 2. The summed E-state index contributed by atoms with van der Waals surface area (Å²) in [5.41, 5.74) is 1.51. The van der Waals surface area contributed by atoms with Gasteiger partial charge in [0.05, 0.1) is 12.0 Å². The van der Waals surface area contributed by atoms with E-state index in [-0.39, 0.29) is 17.9 Å². The standard InChI is InChI=1S/C25H33N3O2S/c1-18(2)17-28-23(21-11-8-16-31-21)22(19-9-4-5-10-20(19)25(28)30)24(29)26-12-15-27-13-6-3-7-14-27/h4-5,8-11,16,18,22-23H,3,6-7,12-15,17H2,1-2H3,(H,26,29)/t22-,23-/m1/s1. The second-order valence-corrected chi connectivity index (χ2v) is 10.0. The number of carbonyl (C=O) groups excluding carboxylic acids is 2. The second kappa shape index (κ2) is 9.96. The van der Waals surface area contributed by atoms with E-state index < -0.39 is 5.92 Å². The van der Waals surface area contributed by atoms with Crippen LogP contribution in [0.15, 0.2) is 41.8 Å². The third-order valence-corrected chi connectivity index (χ3v) is 7.24. The molecule has 4 rings (SSSR count). The first-order chi connectivity index (χ1) is 15.1. The minimum Gasteiger partial charge on any atom is -0.354 e. The molecule has 1 aromatic carbocycles. The Labute approximate surface area is 189 Å². The van der Waals surface area contributed by atoms with Gasteiger partial charge in [0, 0.05) is 30.1 Å². The molecule has 1 fully saturated rings. The van der Waals surface area contributed by atoms with Crippen molar-refractivity contribution in [1.29, 1.82) is 0 Å². The first-order valence-electron chi connectivity index (χ1n) is 11.5. The minimum atomic E-state index is -0.396. The van der Waals surface area contributed by atoms with Crippen molar-refractivity contribution in [3.05, 3.63) is 57.8 Å². The van der Waals surface area contributed by atoms with Gasteiger partial charge in [-0.2, -0.15) is 0 Å². The van der Waals surface area contributed by atoms with Gasteiger partial charge in [-0.15, -0.1) is 11.3 Å². The van der Waals surface area contributed by atoms with E-state index in [0.29, 0.717) is 24.6 Å². The summed E-state index contributed by atoms with van der Waals surface area (Å²) < 4.78 is 0. The summed E-state index contributed by atoms with van der Waals surface area (Å²) in [6, 6.07) is 11.4. The molecule has 0 aliphatic carbocycles. The van der Waals surface area contributed by atoms with Crippen LogP contribution in [-0.2, 0) is 4.79 Å². The molecule has 2 aliphatic rings. The summed E-state index contributed by atoms with van der Waals surface area (Å²) in [5.74, 6) is -0.0312. The summed E-state index contributed by atoms with van der Waals surface area (Å²) in [4.78, 5) is 32.4. The molecule has 2 aromatic rings. The van der Waals surface area contributed by atoms with Gasteiger partial charge in [-0.3, -0.25) is 9.59 Å². The van der Waals surface area contributed by atoms with E-state index in [0.717, 1.165) is 30.1 Å². The highest BCUT2D eigenvalue weighted by atomic mass is 32.1. The lowest BCUT2D eigenvalue weighted by molar-refractivity contribution is -0.124. The lowest BCUT2D eigenvalue weighted by Crippen LogP contribution is -2.49. The van der Waals surface area contributed by atoms with Gasteiger partial charge < -0.3 is 15.1 Å². The highest BCUT2D eigenvalue weighted by Gasteiger charge is 2.44. The molecular formula is C25H33N3O2S. The number of fused-ring (bicyclic) bond motifs is 1. The first-order valence-corrected chi connectivity index (χ1v) is 12.4. The molecule has 2 aliphatic heterocycles. The van der Waals surface area contributed by atoms with E-state index in [2.05, 4.69) is 30.1 Å². The molecule has 5 nitrogen and oxygen atoms in total. The molecular weight excluding hydrogens is 406 g/mol. The fourth-order valence-corrected chi connectivity index (χ4v) is 5.75. The molecule has 0 bridgehead atoms. The van der Waals surface area contributed by atoms with Crippen LogP contribution in [0.1, 0.15) is 65.9 Å². The molecule has 3 heterocycles. The Morgan fingerprint density at radius 3 is 2.61 bits per heavy atom. The Morgan fingerprint density at radius 2 is 1.90 bits per heavy atom. The molecule has 0 spiro atoms. The maximum atomic E-state index is 13.6. The lowest BCUT2D eigenvalue weighted by Gasteiger charge is -2.42. The number of hydrogen-bond donors (Lipinski definition) is 1. The zero-order valence-corrected chi connectivity index (χ0v) is 19.4. The summed E-state index contributed by atoms with van der Waals surface area (Å²) in [6.07, 6.45) is 3.80. The van der Waals surface area contributed by atoms with E-state index in [9.17, 15) is 9.59 Å². The zero-order valence-electron chi connectivity index (χ0n) is 18.5. The topological polar surface area (TPSA) is 52.7 Å². The monoisotopic (exact) mass is 439 g/mol. The number of rotatable bonds is 7. The Balaban J connectivity index is 1.62. The maximum Gasteiger partial charge on any atom is 0.254 e. The zero-order chi connectivity index (χ0) is 21.8. The van der Waals surface area contributed by atoms with Crippen LogP contribution in [0, 0.1) is 5.92 Å². The third kappa shape index (κ3) is 4.85. The van der Waals surface area contributed by atoms with Crippen molar-refractivity contribution >= 4 is 23.2 Å². The van der Waals surface area contributed by atoms with Crippen LogP contribution in [0.4, 0.5) is 0 Å². The van der Waals surface area contributed by atoms with Crippen molar-refractivity contribution in [3.8, 4) is 0 Å². The number of nitrogens with zero attached hydrogens (tertiary/aromatic N) is 2. The quantitative estimate of drug-likeness (QED) is 0.700. The molecule has 0 saturated carbocycles. The van der Waals surface area contributed by atoms with Crippen LogP contribution >= 0.6 is 11.3 Å². The van der Waals surface area contributed by atoms with Gasteiger partial charge in [0.1, 0.15) is 0 Å². The lowest BCUT2D eigenvalue weighted by atomic mass is 9.81. The number of nitrogens with one attached hydrogen (secondary N) is 1. The molecule has 2 atom stereocenters. The highest BCUT2D eigenvalue weighted by molar-refractivity contribution is 7.10. The third-order valence-electron chi connectivity index (χ3n) is 6.29. The van der Waals surface area contributed by atoms with Crippen molar-refractivity contribution < 1.29 is 9.59 Å². The number of benzene rings is 1. The fraction of sp³-hybridized carbons (Fsp3) is 0.520. The Kier molecular flexibility index (Phi) is 7.08. The summed E-state index contributed by atoms with van der Waals surface area (Å²) in [6.45, 7) is 8.64. The van der Waals surface area contributed by atoms with Crippen LogP contribution in [0.3, 0.4) is 0 Å². The van der Waals surface area contributed by atoms with Gasteiger partial charge in [-0.05, 0) is 54.9 Å². The number of thiophene rings is 1. The van der Waals surface area contributed by atoms with E-state index in [1.165, 1.54) is 19.3 Å². The summed E-state index contributed by atoms with van der Waals surface area (Å²) in [7, 11) is 0. The average Bonchev–Trinajstić information content (AvgIpc) is 3.30. The van der Waals surface area contributed by atoms with E-state index in [1.807, 2.05) is 40.6 Å². The van der Waals surface area contributed by atoms with Crippen molar-refractivity contribution in [1.82, 2.24) is 15.1 Å². The van der Waals surface area contributed by atoms with Crippen molar-refractivity contribution in [2.24, 2.45) is 5.92 Å². The summed E-state index contributed by atoms with van der Waals surface area (Å²) >= 11 is 1.62. The van der Waals surface area contributed by atoms with Crippen molar-refractivity contribution in [2.45, 2.75) is 45.1 Å². The van der Waals surface area contributed by atoms with Gasteiger partial charge in [0.2, 0.25) is 5.91 Å². The second-order valence-electron chi connectivity index (χ2n) is 9.07.